The first-order chi connectivity index (χ1) is 14.7. The third kappa shape index (κ3) is 4.06. The Hall–Kier alpha value is -3.22. The van der Waals surface area contributed by atoms with Crippen LogP contribution in [0.1, 0.15) is 16.8 Å². The minimum Gasteiger partial charge on any atom is -0.457 e. The van der Waals surface area contributed by atoms with Crippen molar-refractivity contribution in [3.63, 3.8) is 0 Å². The van der Waals surface area contributed by atoms with Gasteiger partial charge < -0.3 is 9.72 Å². The van der Waals surface area contributed by atoms with E-state index in [-0.39, 0.29) is 5.56 Å². The number of rotatable bonds is 5. The highest BCUT2D eigenvalue weighted by molar-refractivity contribution is 7.13. The Balaban J connectivity index is 1.27. The van der Waals surface area contributed by atoms with Crippen molar-refractivity contribution >= 4 is 11.3 Å². The van der Waals surface area contributed by atoms with Gasteiger partial charge in [-0.05, 0) is 41.3 Å². The first-order valence-corrected chi connectivity index (χ1v) is 10.8. The zero-order valence-electron chi connectivity index (χ0n) is 16.4. The number of hydrogen-bond donors (Lipinski definition) is 1. The summed E-state index contributed by atoms with van der Waals surface area (Å²) in [7, 11) is 0. The normalized spacial score (nSPS) is 13.7. The Bertz CT molecular complexity index is 1190. The topological polar surface area (TPSA) is 58.2 Å². The molecule has 3 heterocycles. The van der Waals surface area contributed by atoms with Crippen molar-refractivity contribution in [3.8, 4) is 22.2 Å². The molecule has 0 radical (unpaired) electrons. The zero-order valence-corrected chi connectivity index (χ0v) is 17.2. The van der Waals surface area contributed by atoms with Crippen molar-refractivity contribution in [1.29, 1.82) is 0 Å². The van der Waals surface area contributed by atoms with E-state index in [0.717, 1.165) is 47.1 Å². The second-order valence-corrected chi connectivity index (χ2v) is 8.28. The van der Waals surface area contributed by atoms with Crippen LogP contribution in [0.25, 0.3) is 10.7 Å². The fraction of sp³-hybridized carbons (Fsp3) is 0.167. The molecule has 30 heavy (non-hydrogen) atoms. The summed E-state index contributed by atoms with van der Waals surface area (Å²) >= 11 is 1.59. The van der Waals surface area contributed by atoms with Crippen molar-refractivity contribution < 1.29 is 4.74 Å². The predicted molar refractivity (Wildman–Crippen MR) is 119 cm³/mol. The molecule has 5 rings (SSSR count). The summed E-state index contributed by atoms with van der Waals surface area (Å²) in [5.41, 5.74) is 2.87. The lowest BCUT2D eigenvalue weighted by atomic mass is 10.1. The van der Waals surface area contributed by atoms with E-state index in [0.29, 0.717) is 12.4 Å². The highest BCUT2D eigenvalue weighted by atomic mass is 32.1. The summed E-state index contributed by atoms with van der Waals surface area (Å²) in [6, 6.07) is 21.8. The lowest BCUT2D eigenvalue weighted by molar-refractivity contribution is 0.242. The number of hydrogen-bond acceptors (Lipinski definition) is 5. The zero-order chi connectivity index (χ0) is 20.3. The summed E-state index contributed by atoms with van der Waals surface area (Å²) in [5.74, 6) is 2.32. The van der Waals surface area contributed by atoms with Crippen molar-refractivity contribution in [2.75, 3.05) is 6.54 Å². The minimum atomic E-state index is -0.0280. The van der Waals surface area contributed by atoms with Gasteiger partial charge >= 0.3 is 0 Å². The van der Waals surface area contributed by atoms with Crippen molar-refractivity contribution in [2.45, 2.75) is 19.5 Å². The number of thiophene rings is 1. The molecule has 0 atom stereocenters. The van der Waals surface area contributed by atoms with Gasteiger partial charge in [-0.15, -0.1) is 11.3 Å². The number of nitrogens with one attached hydrogen (secondary N) is 1. The summed E-state index contributed by atoms with van der Waals surface area (Å²) in [4.78, 5) is 23.6. The second kappa shape index (κ2) is 8.26. The average Bonchev–Trinajstić information content (AvgIpc) is 3.31. The quantitative estimate of drug-likeness (QED) is 0.506. The molecule has 0 saturated carbocycles. The molecule has 1 aliphatic rings. The molecule has 0 bridgehead atoms. The third-order valence-corrected chi connectivity index (χ3v) is 6.09. The molecule has 1 N–H and O–H groups in total. The standard InChI is InChI=1S/C24H21N3O2S/c28-24-20-16-27(13-12-21(20)25-23(26-24)22-7-4-14-30-22)15-17-8-10-19(11-9-17)29-18-5-2-1-3-6-18/h1-11,14H,12-13,15-16H2,(H,25,26,28). The van der Waals surface area contributed by atoms with Gasteiger partial charge in [0.1, 0.15) is 11.5 Å². The van der Waals surface area contributed by atoms with E-state index in [1.54, 1.807) is 11.3 Å². The Kier molecular flexibility index (Phi) is 5.17. The van der Waals surface area contributed by atoms with Crippen LogP contribution in [-0.4, -0.2) is 21.4 Å². The molecule has 0 aliphatic carbocycles. The van der Waals surface area contributed by atoms with E-state index in [9.17, 15) is 4.79 Å². The smallest absolute Gasteiger partial charge is 0.255 e. The van der Waals surface area contributed by atoms with Gasteiger partial charge in [-0.1, -0.05) is 36.4 Å². The van der Waals surface area contributed by atoms with Gasteiger partial charge in [-0.3, -0.25) is 9.69 Å². The summed E-state index contributed by atoms with van der Waals surface area (Å²) in [6.07, 6.45) is 0.785. The maximum atomic E-state index is 12.7. The summed E-state index contributed by atoms with van der Waals surface area (Å²) < 4.78 is 5.86. The van der Waals surface area contributed by atoms with E-state index in [4.69, 9.17) is 9.72 Å². The van der Waals surface area contributed by atoms with Crippen LogP contribution >= 0.6 is 11.3 Å². The van der Waals surface area contributed by atoms with Crippen molar-refractivity contribution in [3.05, 3.63) is 99.3 Å². The highest BCUT2D eigenvalue weighted by Crippen LogP contribution is 2.24. The largest absolute Gasteiger partial charge is 0.457 e. The molecule has 4 aromatic rings. The van der Waals surface area contributed by atoms with E-state index < -0.39 is 0 Å². The molecule has 2 aromatic carbocycles. The molecule has 150 valence electrons. The molecule has 0 unspecified atom stereocenters. The number of benzene rings is 2. The molecular weight excluding hydrogens is 394 g/mol. The van der Waals surface area contributed by atoms with Crippen LogP contribution in [0, 0.1) is 0 Å². The summed E-state index contributed by atoms with van der Waals surface area (Å²) in [5, 5.41) is 1.99. The number of fused-ring (bicyclic) bond motifs is 1. The van der Waals surface area contributed by atoms with Gasteiger partial charge in [0.05, 0.1) is 16.1 Å². The Morgan fingerprint density at radius 3 is 2.57 bits per heavy atom. The molecule has 0 spiro atoms. The Morgan fingerprint density at radius 2 is 1.80 bits per heavy atom. The van der Waals surface area contributed by atoms with E-state index >= 15 is 0 Å². The monoisotopic (exact) mass is 415 g/mol. The summed E-state index contributed by atoms with van der Waals surface area (Å²) in [6.45, 7) is 2.29. The SMILES string of the molecule is O=c1[nH]c(-c2cccs2)nc2c1CN(Cc1ccc(Oc3ccccc3)cc1)CC2. The minimum absolute atomic E-state index is 0.0280. The molecule has 6 heteroatoms. The molecule has 0 fully saturated rings. The van der Waals surface area contributed by atoms with Crippen LogP contribution in [0.3, 0.4) is 0 Å². The maximum Gasteiger partial charge on any atom is 0.255 e. The second-order valence-electron chi connectivity index (χ2n) is 7.34. The third-order valence-electron chi connectivity index (χ3n) is 5.21. The van der Waals surface area contributed by atoms with Gasteiger partial charge in [0.15, 0.2) is 5.82 Å². The molecule has 5 nitrogen and oxygen atoms in total. The van der Waals surface area contributed by atoms with E-state index in [1.807, 2.05) is 60.0 Å². The Labute approximate surface area is 178 Å². The molecule has 0 amide bonds. The molecule has 0 saturated heterocycles. The lowest BCUT2D eigenvalue weighted by Crippen LogP contribution is -2.35. The van der Waals surface area contributed by atoms with Crippen LogP contribution in [0.5, 0.6) is 11.5 Å². The fourth-order valence-corrected chi connectivity index (χ4v) is 4.36. The van der Waals surface area contributed by atoms with Gasteiger partial charge in [-0.25, -0.2) is 4.98 Å². The van der Waals surface area contributed by atoms with Crippen molar-refractivity contribution in [1.82, 2.24) is 14.9 Å². The maximum absolute atomic E-state index is 12.7. The van der Waals surface area contributed by atoms with E-state index in [2.05, 4.69) is 22.0 Å². The number of H-pyrrole nitrogens is 1. The van der Waals surface area contributed by atoms with Crippen LogP contribution in [0.15, 0.2) is 76.9 Å². The molecule has 1 aliphatic heterocycles. The highest BCUT2D eigenvalue weighted by Gasteiger charge is 2.21. The number of para-hydroxylation sites is 1. The lowest BCUT2D eigenvalue weighted by Gasteiger charge is -2.27. The first-order valence-electron chi connectivity index (χ1n) is 9.95. The Morgan fingerprint density at radius 1 is 1.00 bits per heavy atom. The van der Waals surface area contributed by atoms with Crippen LogP contribution in [0.4, 0.5) is 0 Å². The first kappa shape index (κ1) is 18.8. The van der Waals surface area contributed by atoms with Crippen LogP contribution in [-0.2, 0) is 19.5 Å². The van der Waals surface area contributed by atoms with Crippen LogP contribution < -0.4 is 10.3 Å². The number of ether oxygens (including phenoxy) is 1. The predicted octanol–water partition coefficient (Wildman–Crippen LogP) is 4.85. The number of aromatic nitrogens is 2. The molecule has 2 aromatic heterocycles. The van der Waals surface area contributed by atoms with E-state index in [1.165, 1.54) is 5.56 Å². The van der Waals surface area contributed by atoms with Crippen molar-refractivity contribution in [2.24, 2.45) is 0 Å². The van der Waals surface area contributed by atoms with Gasteiger partial charge in [0.25, 0.3) is 5.56 Å². The van der Waals surface area contributed by atoms with Gasteiger partial charge in [0, 0.05) is 26.1 Å². The number of aromatic amines is 1. The van der Waals surface area contributed by atoms with Crippen LogP contribution in [0.2, 0.25) is 0 Å². The number of nitrogens with zero attached hydrogens (tertiary/aromatic N) is 2. The van der Waals surface area contributed by atoms with Gasteiger partial charge in [0.2, 0.25) is 0 Å². The fourth-order valence-electron chi connectivity index (χ4n) is 3.69. The molecular formula is C24H21N3O2S. The van der Waals surface area contributed by atoms with Gasteiger partial charge in [-0.2, -0.15) is 0 Å². The average molecular weight is 416 g/mol.